The van der Waals surface area contributed by atoms with Crippen molar-refractivity contribution in [3.8, 4) is 0 Å². The molecule has 0 saturated heterocycles. The van der Waals surface area contributed by atoms with Crippen LogP contribution in [0.15, 0.2) is 18.2 Å². The summed E-state index contributed by atoms with van der Waals surface area (Å²) in [4.78, 5) is 22.5. The van der Waals surface area contributed by atoms with E-state index in [9.17, 15) is 14.0 Å². The molecule has 0 bridgehead atoms. The summed E-state index contributed by atoms with van der Waals surface area (Å²) in [6, 6.07) is 3.63. The number of ether oxygens (including phenoxy) is 1. The van der Waals surface area contributed by atoms with Crippen LogP contribution >= 0.6 is 11.6 Å². The first-order valence-corrected chi connectivity index (χ1v) is 5.47. The van der Waals surface area contributed by atoms with Crippen LogP contribution in [0.4, 0.5) is 4.39 Å². The zero-order valence-electron chi connectivity index (χ0n) is 9.33. The number of methoxy groups -OCH3 is 1. The third-order valence-corrected chi connectivity index (χ3v) is 2.57. The van der Waals surface area contributed by atoms with Crippen molar-refractivity contribution in [3.05, 3.63) is 34.6 Å². The van der Waals surface area contributed by atoms with E-state index in [0.717, 1.165) is 6.07 Å². The van der Waals surface area contributed by atoms with Gasteiger partial charge in [-0.25, -0.2) is 4.39 Å². The summed E-state index contributed by atoms with van der Waals surface area (Å²) in [5.41, 5.74) is 0.150. The molecule has 0 saturated carbocycles. The van der Waals surface area contributed by atoms with E-state index in [1.165, 1.54) is 19.2 Å². The van der Waals surface area contributed by atoms with Gasteiger partial charge < -0.3 is 4.74 Å². The molecule has 0 radical (unpaired) electrons. The number of hydrogen-bond donors (Lipinski definition) is 0. The smallest absolute Gasteiger partial charge is 0.305 e. The lowest BCUT2D eigenvalue weighted by molar-refractivity contribution is -0.140. The van der Waals surface area contributed by atoms with Crippen LogP contribution < -0.4 is 0 Å². The summed E-state index contributed by atoms with van der Waals surface area (Å²) in [6.45, 7) is 0. The van der Waals surface area contributed by atoms with Crippen molar-refractivity contribution in [1.82, 2.24) is 0 Å². The minimum atomic E-state index is -0.509. The lowest BCUT2D eigenvalue weighted by Gasteiger charge is -2.03. The van der Waals surface area contributed by atoms with E-state index >= 15 is 0 Å². The fourth-order valence-electron chi connectivity index (χ4n) is 1.34. The fraction of sp³-hybridized carbons (Fsp3) is 0.333. The van der Waals surface area contributed by atoms with Gasteiger partial charge in [-0.05, 0) is 24.6 Å². The number of benzene rings is 1. The lowest BCUT2D eigenvalue weighted by atomic mass is 10.1. The Morgan fingerprint density at radius 3 is 2.71 bits per heavy atom. The summed E-state index contributed by atoms with van der Waals surface area (Å²) >= 11 is 5.78. The first-order chi connectivity index (χ1) is 8.04. The third kappa shape index (κ3) is 4.15. The van der Waals surface area contributed by atoms with Gasteiger partial charge in [-0.15, -0.1) is 0 Å². The van der Waals surface area contributed by atoms with Crippen LogP contribution in [0.2, 0.25) is 5.02 Å². The maximum Gasteiger partial charge on any atom is 0.305 e. The van der Waals surface area contributed by atoms with E-state index in [1.807, 2.05) is 0 Å². The average Bonchev–Trinajstić information content (AvgIpc) is 2.31. The van der Waals surface area contributed by atoms with Gasteiger partial charge >= 0.3 is 5.97 Å². The summed E-state index contributed by atoms with van der Waals surface area (Å²) in [6.07, 6.45) is 0.659. The molecule has 1 aromatic rings. The van der Waals surface area contributed by atoms with Crippen molar-refractivity contribution < 1.29 is 18.7 Å². The Morgan fingerprint density at radius 1 is 1.35 bits per heavy atom. The van der Waals surface area contributed by atoms with E-state index in [-0.39, 0.29) is 35.2 Å². The largest absolute Gasteiger partial charge is 0.469 e. The molecule has 3 nitrogen and oxygen atoms in total. The Hall–Kier alpha value is -1.42. The van der Waals surface area contributed by atoms with Gasteiger partial charge in [0.15, 0.2) is 5.78 Å². The Morgan fingerprint density at radius 2 is 2.06 bits per heavy atom. The van der Waals surface area contributed by atoms with Crippen molar-refractivity contribution in [2.75, 3.05) is 7.11 Å². The van der Waals surface area contributed by atoms with Crippen LogP contribution in [0.25, 0.3) is 0 Å². The van der Waals surface area contributed by atoms with Crippen molar-refractivity contribution in [2.24, 2.45) is 0 Å². The number of ketones is 1. The zero-order valence-corrected chi connectivity index (χ0v) is 10.1. The number of carbonyl (C=O) groups is 2. The summed E-state index contributed by atoms with van der Waals surface area (Å²) in [5.74, 6) is -1.16. The molecule has 1 rings (SSSR count). The first-order valence-electron chi connectivity index (χ1n) is 5.09. The van der Waals surface area contributed by atoms with Crippen molar-refractivity contribution >= 4 is 23.4 Å². The molecule has 0 aliphatic rings. The molecule has 0 unspecified atom stereocenters. The SMILES string of the molecule is COC(=O)CCCC(=O)c1cc(F)ccc1Cl. The maximum atomic E-state index is 12.9. The predicted molar refractivity (Wildman–Crippen MR) is 61.6 cm³/mol. The van der Waals surface area contributed by atoms with E-state index in [1.54, 1.807) is 0 Å². The molecule has 0 amide bonds. The van der Waals surface area contributed by atoms with Gasteiger partial charge in [-0.1, -0.05) is 11.6 Å². The normalized spacial score (nSPS) is 10.1. The Balaban J connectivity index is 2.58. The molecule has 0 aliphatic carbocycles. The molecule has 0 atom stereocenters. The second-order valence-corrected chi connectivity index (χ2v) is 3.88. The molecule has 0 aromatic heterocycles. The van der Waals surface area contributed by atoms with E-state index in [4.69, 9.17) is 11.6 Å². The molecular weight excluding hydrogens is 247 g/mol. The quantitative estimate of drug-likeness (QED) is 0.602. The van der Waals surface area contributed by atoms with Gasteiger partial charge in [0, 0.05) is 18.4 Å². The molecule has 0 N–H and O–H groups in total. The molecule has 0 heterocycles. The molecule has 92 valence electrons. The lowest BCUT2D eigenvalue weighted by Crippen LogP contribution is -2.04. The number of halogens is 2. The van der Waals surface area contributed by atoms with E-state index in [0.29, 0.717) is 6.42 Å². The molecule has 17 heavy (non-hydrogen) atoms. The van der Waals surface area contributed by atoms with Gasteiger partial charge in [-0.3, -0.25) is 9.59 Å². The Bertz CT molecular complexity index is 432. The average molecular weight is 259 g/mol. The zero-order chi connectivity index (χ0) is 12.8. The highest BCUT2D eigenvalue weighted by Gasteiger charge is 2.12. The molecule has 0 aliphatic heterocycles. The molecule has 5 heteroatoms. The van der Waals surface area contributed by atoms with Gasteiger partial charge in [-0.2, -0.15) is 0 Å². The van der Waals surface area contributed by atoms with Crippen LogP contribution in [0.1, 0.15) is 29.6 Å². The van der Waals surface area contributed by atoms with Crippen molar-refractivity contribution in [1.29, 1.82) is 0 Å². The highest BCUT2D eigenvalue weighted by Crippen LogP contribution is 2.19. The first kappa shape index (κ1) is 13.6. The number of rotatable bonds is 5. The van der Waals surface area contributed by atoms with Crippen LogP contribution in [0, 0.1) is 5.82 Å². The molecular formula is C12H12ClFO3. The second-order valence-electron chi connectivity index (χ2n) is 3.48. The van der Waals surface area contributed by atoms with Gasteiger partial charge in [0.05, 0.1) is 12.1 Å². The summed E-state index contributed by atoms with van der Waals surface area (Å²) < 4.78 is 17.4. The highest BCUT2D eigenvalue weighted by molar-refractivity contribution is 6.33. The van der Waals surface area contributed by atoms with Crippen LogP contribution in [0.3, 0.4) is 0 Å². The second kappa shape index (κ2) is 6.35. The number of Topliss-reactive ketones (excluding diaryl/α,β-unsaturated/α-hetero) is 1. The fourth-order valence-corrected chi connectivity index (χ4v) is 1.56. The summed E-state index contributed by atoms with van der Waals surface area (Å²) in [5, 5.41) is 0.217. The van der Waals surface area contributed by atoms with Crippen molar-refractivity contribution in [2.45, 2.75) is 19.3 Å². The molecule has 0 spiro atoms. The third-order valence-electron chi connectivity index (χ3n) is 2.24. The van der Waals surface area contributed by atoms with Crippen LogP contribution in [0.5, 0.6) is 0 Å². The predicted octanol–water partition coefficient (Wildman–Crippen LogP) is 3.01. The molecule has 1 aromatic carbocycles. The van der Waals surface area contributed by atoms with E-state index in [2.05, 4.69) is 4.74 Å². The Kier molecular flexibility index (Phi) is 5.10. The maximum absolute atomic E-state index is 12.9. The standard InChI is InChI=1S/C12H12ClFO3/c1-17-12(16)4-2-3-11(15)9-7-8(14)5-6-10(9)13/h5-7H,2-4H2,1H3. The van der Waals surface area contributed by atoms with E-state index < -0.39 is 5.82 Å². The summed E-state index contributed by atoms with van der Waals surface area (Å²) in [7, 11) is 1.29. The minimum absolute atomic E-state index is 0.137. The minimum Gasteiger partial charge on any atom is -0.469 e. The highest BCUT2D eigenvalue weighted by atomic mass is 35.5. The van der Waals surface area contributed by atoms with Gasteiger partial charge in [0.25, 0.3) is 0 Å². The number of hydrogen-bond acceptors (Lipinski definition) is 3. The Labute approximate surface area is 104 Å². The number of carbonyl (C=O) groups excluding carboxylic acids is 2. The van der Waals surface area contributed by atoms with Crippen molar-refractivity contribution in [3.63, 3.8) is 0 Å². The topological polar surface area (TPSA) is 43.4 Å². The van der Waals surface area contributed by atoms with Gasteiger partial charge in [0.1, 0.15) is 5.82 Å². The monoisotopic (exact) mass is 258 g/mol. The number of esters is 1. The van der Waals surface area contributed by atoms with Crippen LogP contribution in [-0.2, 0) is 9.53 Å². The van der Waals surface area contributed by atoms with Gasteiger partial charge in [0.2, 0.25) is 0 Å². The molecule has 0 fully saturated rings. The van der Waals surface area contributed by atoms with Crippen LogP contribution in [-0.4, -0.2) is 18.9 Å².